The molecule has 0 bridgehead atoms. The Balaban J connectivity index is 0.000000284. The molecule has 0 aromatic heterocycles. The maximum Gasteiger partial charge on any atom is 2.00 e. The van der Waals surface area contributed by atoms with E-state index in [2.05, 4.69) is 50.5 Å². The molecule has 9 heteroatoms. The zero-order chi connectivity index (χ0) is 12.6. The maximum atomic E-state index is 10.2. The molecule has 0 fully saturated rings. The fourth-order valence-corrected chi connectivity index (χ4v) is 1.44. The summed E-state index contributed by atoms with van der Waals surface area (Å²) in [4.78, 5) is 40.8. The molecule has 0 heterocycles. The number of hydrogen-bond acceptors (Lipinski definition) is 8. The van der Waals surface area contributed by atoms with Crippen molar-refractivity contribution in [2.45, 2.75) is 19.6 Å². The summed E-state index contributed by atoms with van der Waals surface area (Å²) in [5, 5.41) is 0. The molecule has 2 rings (SSSR count). The Kier molecular flexibility index (Phi) is 5.90. The minimum atomic E-state index is -0.606. The van der Waals surface area contributed by atoms with Crippen molar-refractivity contribution in [3.05, 3.63) is 40.9 Å². The van der Waals surface area contributed by atoms with E-state index >= 15 is 0 Å². The van der Waals surface area contributed by atoms with Crippen LogP contribution in [0.25, 0.3) is 0 Å². The van der Waals surface area contributed by atoms with Gasteiger partial charge in [-0.1, -0.05) is 0 Å². The molecule has 0 N–H and O–H groups in total. The van der Waals surface area contributed by atoms with Gasteiger partial charge < -0.3 is 50.5 Å². The Morgan fingerprint density at radius 1 is 0.471 bits per heavy atom. The van der Waals surface area contributed by atoms with Gasteiger partial charge in [0.05, 0.1) is 0 Å². The standard InChI is InChI=1S/2C4H2O2S2.Zn/c2*5-1-2(6)4(8)3(1)7;/h2*7-8H;/q;;+2/p-4. The van der Waals surface area contributed by atoms with Crippen molar-refractivity contribution < 1.29 is 19.5 Å². The van der Waals surface area contributed by atoms with E-state index < -0.39 is 21.7 Å². The third-order valence-electron chi connectivity index (χ3n) is 1.65. The van der Waals surface area contributed by atoms with Crippen LogP contribution < -0.4 is 21.7 Å². The van der Waals surface area contributed by atoms with Crippen LogP contribution in [0.15, 0.2) is 38.8 Å². The summed E-state index contributed by atoms with van der Waals surface area (Å²) < 4.78 is 0. The van der Waals surface area contributed by atoms with E-state index in [1.54, 1.807) is 0 Å². The van der Waals surface area contributed by atoms with E-state index in [-0.39, 0.29) is 39.1 Å². The van der Waals surface area contributed by atoms with Gasteiger partial charge in [-0.15, -0.1) is 19.6 Å². The first-order valence-corrected chi connectivity index (χ1v) is 5.27. The molecule has 0 aliphatic heterocycles. The average Bonchev–Trinajstić information content (AvgIpc) is 2.34. The summed E-state index contributed by atoms with van der Waals surface area (Å²) >= 11 is 17.6. The molecule has 0 spiro atoms. The summed E-state index contributed by atoms with van der Waals surface area (Å²) in [6.45, 7) is 0. The van der Waals surface area contributed by atoms with Crippen LogP contribution >= 0.6 is 0 Å². The van der Waals surface area contributed by atoms with Crippen LogP contribution in [0.3, 0.4) is 0 Å². The third kappa shape index (κ3) is 2.92. The van der Waals surface area contributed by atoms with Crippen LogP contribution in [0.2, 0.25) is 0 Å². The van der Waals surface area contributed by atoms with E-state index in [4.69, 9.17) is 0 Å². The summed E-state index contributed by atoms with van der Waals surface area (Å²) in [6.07, 6.45) is 0. The molecule has 0 aliphatic rings. The smallest absolute Gasteiger partial charge is 0.777 e. The maximum absolute atomic E-state index is 10.2. The van der Waals surface area contributed by atoms with Crippen LogP contribution in [0, 0.1) is 0 Å². The summed E-state index contributed by atoms with van der Waals surface area (Å²) in [7, 11) is 0. The second kappa shape index (κ2) is 6.01. The Bertz CT molecular complexity index is 571. The van der Waals surface area contributed by atoms with E-state index in [0.29, 0.717) is 0 Å². The van der Waals surface area contributed by atoms with Crippen molar-refractivity contribution in [3.63, 3.8) is 0 Å². The first-order valence-electron chi connectivity index (χ1n) is 3.63. The first kappa shape index (κ1) is 16.7. The molecule has 0 radical (unpaired) electrons. The summed E-state index contributed by atoms with van der Waals surface area (Å²) in [5.74, 6) is 0. The van der Waals surface area contributed by atoms with E-state index in [1.165, 1.54) is 0 Å². The number of hydrogen-bond donors (Lipinski definition) is 0. The van der Waals surface area contributed by atoms with Gasteiger partial charge in [0.2, 0.25) is 21.7 Å². The Morgan fingerprint density at radius 2 is 0.588 bits per heavy atom. The Morgan fingerprint density at radius 3 is 0.647 bits per heavy atom. The third-order valence-corrected chi connectivity index (χ3v) is 3.47. The summed E-state index contributed by atoms with van der Waals surface area (Å²) in [5.41, 5.74) is -2.43. The molecule has 0 atom stereocenters. The number of rotatable bonds is 0. The molecule has 0 saturated heterocycles. The van der Waals surface area contributed by atoms with Crippen molar-refractivity contribution in [2.24, 2.45) is 0 Å². The average molecular weight is 354 g/mol. The Hall–Kier alpha value is -0.337. The molecule has 0 unspecified atom stereocenters. The molecule has 0 amide bonds. The fourth-order valence-electron chi connectivity index (χ4n) is 0.700. The van der Waals surface area contributed by atoms with Crippen LogP contribution in [0.4, 0.5) is 0 Å². The normalized spacial score (nSPS) is 9.41. The molecular weight excluding hydrogens is 354 g/mol. The monoisotopic (exact) mass is 352 g/mol. The zero-order valence-corrected chi connectivity index (χ0v) is 14.2. The van der Waals surface area contributed by atoms with Gasteiger partial charge in [0.15, 0.2) is 0 Å². The van der Waals surface area contributed by atoms with E-state index in [1.807, 2.05) is 0 Å². The van der Waals surface area contributed by atoms with Gasteiger partial charge >= 0.3 is 19.5 Å². The van der Waals surface area contributed by atoms with Crippen LogP contribution in [-0.4, -0.2) is 0 Å². The second-order valence-electron chi connectivity index (χ2n) is 2.63. The van der Waals surface area contributed by atoms with Gasteiger partial charge in [0.1, 0.15) is 0 Å². The van der Waals surface area contributed by atoms with Crippen LogP contribution in [0.1, 0.15) is 0 Å². The second-order valence-corrected chi connectivity index (χ2v) is 4.27. The van der Waals surface area contributed by atoms with E-state index in [0.717, 1.165) is 0 Å². The van der Waals surface area contributed by atoms with Crippen molar-refractivity contribution in [3.8, 4) is 0 Å². The van der Waals surface area contributed by atoms with Gasteiger partial charge in [0, 0.05) is 0 Å². The quantitative estimate of drug-likeness (QED) is 0.312. The van der Waals surface area contributed by atoms with Gasteiger partial charge in [-0.05, 0) is 0 Å². The minimum absolute atomic E-state index is 0. The fraction of sp³-hybridized carbons (Fsp3) is 0. The summed E-state index contributed by atoms with van der Waals surface area (Å²) in [6, 6.07) is 0. The molecule has 0 saturated carbocycles. The predicted octanol–water partition coefficient (Wildman–Crippen LogP) is -1.81. The van der Waals surface area contributed by atoms with Gasteiger partial charge in [-0.3, -0.25) is 19.2 Å². The van der Waals surface area contributed by atoms with Gasteiger partial charge in [-0.2, -0.15) is 0 Å². The van der Waals surface area contributed by atoms with Gasteiger partial charge in [0.25, 0.3) is 0 Å². The largest absolute Gasteiger partial charge is 2.00 e. The molecule has 0 aliphatic carbocycles. The van der Waals surface area contributed by atoms with Crippen LogP contribution in [0.5, 0.6) is 0 Å². The predicted molar refractivity (Wildman–Crippen MR) is 65.2 cm³/mol. The molecule has 84 valence electrons. The minimum Gasteiger partial charge on any atom is -0.777 e. The first-order chi connectivity index (χ1) is 7.29. The van der Waals surface area contributed by atoms with Crippen molar-refractivity contribution in [2.75, 3.05) is 0 Å². The molecule has 2 aromatic rings. The van der Waals surface area contributed by atoms with Crippen LogP contribution in [-0.2, 0) is 70.0 Å². The molecule has 2 aromatic carbocycles. The molecule has 4 nitrogen and oxygen atoms in total. The van der Waals surface area contributed by atoms with Gasteiger partial charge in [-0.25, -0.2) is 0 Å². The van der Waals surface area contributed by atoms with E-state index in [9.17, 15) is 19.2 Å². The van der Waals surface area contributed by atoms with Crippen molar-refractivity contribution in [1.82, 2.24) is 0 Å². The van der Waals surface area contributed by atoms with Crippen molar-refractivity contribution in [1.29, 1.82) is 0 Å². The topological polar surface area (TPSA) is 68.3 Å². The van der Waals surface area contributed by atoms with Crippen molar-refractivity contribution >= 4 is 50.5 Å². The Labute approximate surface area is 130 Å². The molecule has 17 heavy (non-hydrogen) atoms. The SMILES string of the molecule is O=c1c([S-])c([S-])c1=O.O=c1c([S-])c([S-])c1=O.[Zn+2]. The molecular formula is C8O4S4Zn-2. The zero-order valence-electron chi connectivity index (χ0n) is 7.97.